The normalized spacial score (nSPS) is 14.8. The van der Waals surface area contributed by atoms with Crippen LogP contribution in [0.15, 0.2) is 41.3 Å². The summed E-state index contributed by atoms with van der Waals surface area (Å²) in [4.78, 5) is 47.8. The Morgan fingerprint density at radius 2 is 2.10 bits per heavy atom. The SMILES string of the molecule is COc1cc(/C=C2/SC(=O)N(CC(=O)Nc3cccc(F)c3)C2=O)cc([N+](=O)[O-])c1O. The molecule has 0 atom stereocenters. The van der Waals surface area contributed by atoms with Crippen molar-refractivity contribution in [3.63, 3.8) is 0 Å². The Balaban J connectivity index is 1.80. The Bertz CT molecular complexity index is 1140. The van der Waals surface area contributed by atoms with Gasteiger partial charge in [0.05, 0.1) is 16.9 Å². The number of imide groups is 1. The Hall–Kier alpha value is -3.93. The van der Waals surface area contributed by atoms with E-state index >= 15 is 0 Å². The fourth-order valence-corrected chi connectivity index (χ4v) is 3.53. The molecule has 0 radical (unpaired) electrons. The molecule has 1 fully saturated rings. The largest absolute Gasteiger partial charge is 0.500 e. The van der Waals surface area contributed by atoms with Crippen LogP contribution in [0.5, 0.6) is 11.5 Å². The van der Waals surface area contributed by atoms with E-state index in [2.05, 4.69) is 5.32 Å². The standard InChI is InChI=1S/C19H14FN3O7S/c1-30-14-6-10(5-13(17(14)25)23(28)29)7-15-18(26)22(19(27)31-15)9-16(24)21-12-4-2-3-11(20)8-12/h2-8,25H,9H2,1H3,(H,21,24)/b15-7+. The second kappa shape index (κ2) is 8.83. The minimum absolute atomic E-state index is 0.0782. The molecule has 0 unspecified atom stereocenters. The first-order valence-electron chi connectivity index (χ1n) is 8.55. The maximum atomic E-state index is 13.2. The van der Waals surface area contributed by atoms with E-state index in [1.54, 1.807) is 0 Å². The number of carbonyl (C=O) groups excluding carboxylic acids is 3. The predicted octanol–water partition coefficient (Wildman–Crippen LogP) is 3.12. The van der Waals surface area contributed by atoms with E-state index in [4.69, 9.17) is 4.74 Å². The van der Waals surface area contributed by atoms with Crippen LogP contribution in [-0.2, 0) is 9.59 Å². The van der Waals surface area contributed by atoms with Gasteiger partial charge >= 0.3 is 5.69 Å². The van der Waals surface area contributed by atoms with Crippen molar-refractivity contribution in [2.75, 3.05) is 19.0 Å². The number of nitrogens with one attached hydrogen (secondary N) is 1. The van der Waals surface area contributed by atoms with Gasteiger partial charge in [0.25, 0.3) is 11.1 Å². The lowest BCUT2D eigenvalue weighted by molar-refractivity contribution is -0.386. The number of benzene rings is 2. The highest BCUT2D eigenvalue weighted by atomic mass is 32.2. The van der Waals surface area contributed by atoms with Crippen molar-refractivity contribution >= 4 is 46.3 Å². The average Bonchev–Trinajstić information content (AvgIpc) is 2.96. The summed E-state index contributed by atoms with van der Waals surface area (Å²) in [5, 5.41) is 22.6. The van der Waals surface area contributed by atoms with Gasteiger partial charge in [-0.25, -0.2) is 4.39 Å². The number of anilines is 1. The molecular weight excluding hydrogens is 433 g/mol. The summed E-state index contributed by atoms with van der Waals surface area (Å²) in [5.74, 6) is -2.92. The molecule has 1 saturated heterocycles. The second-order valence-electron chi connectivity index (χ2n) is 6.17. The fourth-order valence-electron chi connectivity index (χ4n) is 2.69. The number of nitrogens with zero attached hydrogens (tertiary/aromatic N) is 2. The van der Waals surface area contributed by atoms with Gasteiger partial charge in [0.15, 0.2) is 5.75 Å². The number of hydrogen-bond donors (Lipinski definition) is 2. The maximum Gasteiger partial charge on any atom is 0.315 e. The summed E-state index contributed by atoms with van der Waals surface area (Å²) in [5.41, 5.74) is -0.341. The summed E-state index contributed by atoms with van der Waals surface area (Å²) in [7, 11) is 1.20. The third-order valence-electron chi connectivity index (χ3n) is 4.08. The highest BCUT2D eigenvalue weighted by molar-refractivity contribution is 8.18. The number of carbonyl (C=O) groups is 3. The van der Waals surface area contributed by atoms with Crippen LogP contribution in [0.2, 0.25) is 0 Å². The van der Waals surface area contributed by atoms with Gasteiger partial charge in [-0.05, 0) is 47.7 Å². The molecule has 0 bridgehead atoms. The van der Waals surface area contributed by atoms with Crippen molar-refractivity contribution in [3.8, 4) is 11.5 Å². The molecule has 10 nitrogen and oxygen atoms in total. The molecule has 1 aliphatic heterocycles. The van der Waals surface area contributed by atoms with E-state index < -0.39 is 45.8 Å². The lowest BCUT2D eigenvalue weighted by Gasteiger charge is -2.12. The number of phenolic OH excluding ortho intramolecular Hbond substituents is 1. The minimum Gasteiger partial charge on any atom is -0.500 e. The Morgan fingerprint density at radius 1 is 1.35 bits per heavy atom. The highest BCUT2D eigenvalue weighted by Gasteiger charge is 2.36. The molecule has 0 saturated carbocycles. The number of hydrogen-bond acceptors (Lipinski definition) is 8. The first-order chi connectivity index (χ1) is 14.7. The quantitative estimate of drug-likeness (QED) is 0.391. The first-order valence-corrected chi connectivity index (χ1v) is 9.37. The topological polar surface area (TPSA) is 139 Å². The fraction of sp³-hybridized carbons (Fsp3) is 0.105. The van der Waals surface area contributed by atoms with Crippen LogP contribution < -0.4 is 10.1 Å². The number of rotatable bonds is 6. The summed E-state index contributed by atoms with van der Waals surface area (Å²) < 4.78 is 18.1. The molecule has 1 aliphatic rings. The van der Waals surface area contributed by atoms with E-state index in [1.165, 1.54) is 37.5 Å². The molecule has 2 aromatic carbocycles. The molecule has 3 amide bonds. The number of nitro groups is 1. The monoisotopic (exact) mass is 447 g/mol. The van der Waals surface area contributed by atoms with Crippen LogP contribution in [0.1, 0.15) is 5.56 Å². The van der Waals surface area contributed by atoms with Crippen LogP contribution in [0.25, 0.3) is 6.08 Å². The zero-order valence-electron chi connectivity index (χ0n) is 15.8. The van der Waals surface area contributed by atoms with Crippen LogP contribution in [-0.4, -0.2) is 45.6 Å². The molecule has 160 valence electrons. The number of aromatic hydroxyl groups is 1. The third-order valence-corrected chi connectivity index (χ3v) is 4.98. The Morgan fingerprint density at radius 3 is 2.74 bits per heavy atom. The van der Waals surface area contributed by atoms with Crippen molar-refractivity contribution in [3.05, 3.63) is 62.8 Å². The average molecular weight is 447 g/mol. The summed E-state index contributed by atoms with van der Waals surface area (Å²) in [6, 6.07) is 7.38. The van der Waals surface area contributed by atoms with E-state index in [0.717, 1.165) is 12.1 Å². The molecular formula is C19H14FN3O7S. The number of ether oxygens (including phenoxy) is 1. The number of amides is 3. The number of methoxy groups -OCH3 is 1. The molecule has 0 aromatic heterocycles. The van der Waals surface area contributed by atoms with Gasteiger partial charge in [0.2, 0.25) is 11.7 Å². The van der Waals surface area contributed by atoms with Gasteiger partial charge in [0, 0.05) is 11.8 Å². The number of nitro benzene ring substituents is 1. The molecule has 0 spiro atoms. The van der Waals surface area contributed by atoms with E-state index in [9.17, 15) is 34.0 Å². The summed E-state index contributed by atoms with van der Waals surface area (Å²) >= 11 is 0.545. The van der Waals surface area contributed by atoms with Gasteiger partial charge in [-0.3, -0.25) is 29.4 Å². The summed E-state index contributed by atoms with van der Waals surface area (Å²) in [6.07, 6.45) is 1.21. The van der Waals surface area contributed by atoms with Gasteiger partial charge < -0.3 is 15.2 Å². The molecule has 1 heterocycles. The Kier molecular flexibility index (Phi) is 6.20. The van der Waals surface area contributed by atoms with Crippen molar-refractivity contribution in [1.82, 2.24) is 4.90 Å². The molecule has 2 aromatic rings. The first kappa shape index (κ1) is 21.8. The smallest absolute Gasteiger partial charge is 0.315 e. The zero-order valence-corrected chi connectivity index (χ0v) is 16.6. The molecule has 0 aliphatic carbocycles. The third kappa shape index (κ3) is 4.80. The Labute approximate surface area is 178 Å². The summed E-state index contributed by atoms with van der Waals surface area (Å²) in [6.45, 7) is -0.600. The van der Waals surface area contributed by atoms with Gasteiger partial charge in [-0.2, -0.15) is 0 Å². The maximum absolute atomic E-state index is 13.2. The van der Waals surface area contributed by atoms with Crippen LogP contribution in [0, 0.1) is 15.9 Å². The molecule has 2 N–H and O–H groups in total. The lowest BCUT2D eigenvalue weighted by atomic mass is 10.1. The van der Waals surface area contributed by atoms with Crippen LogP contribution >= 0.6 is 11.8 Å². The lowest BCUT2D eigenvalue weighted by Crippen LogP contribution is -2.36. The zero-order chi connectivity index (χ0) is 22.7. The van der Waals surface area contributed by atoms with Crippen molar-refractivity contribution in [2.24, 2.45) is 0 Å². The van der Waals surface area contributed by atoms with Gasteiger partial charge in [0.1, 0.15) is 12.4 Å². The van der Waals surface area contributed by atoms with E-state index in [-0.39, 0.29) is 21.9 Å². The molecule has 12 heteroatoms. The molecule has 31 heavy (non-hydrogen) atoms. The predicted molar refractivity (Wildman–Crippen MR) is 109 cm³/mol. The van der Waals surface area contributed by atoms with Crippen molar-refractivity contribution < 1.29 is 33.5 Å². The number of halogens is 1. The van der Waals surface area contributed by atoms with Crippen molar-refractivity contribution in [1.29, 1.82) is 0 Å². The van der Waals surface area contributed by atoms with E-state index in [0.29, 0.717) is 16.7 Å². The van der Waals surface area contributed by atoms with Gasteiger partial charge in [-0.15, -0.1) is 0 Å². The van der Waals surface area contributed by atoms with Crippen molar-refractivity contribution in [2.45, 2.75) is 0 Å². The number of thioether (sulfide) groups is 1. The minimum atomic E-state index is -0.822. The molecule has 3 rings (SSSR count). The van der Waals surface area contributed by atoms with Crippen LogP contribution in [0.3, 0.4) is 0 Å². The van der Waals surface area contributed by atoms with Crippen LogP contribution in [0.4, 0.5) is 20.6 Å². The highest BCUT2D eigenvalue weighted by Crippen LogP contribution is 2.39. The second-order valence-corrected chi connectivity index (χ2v) is 7.17. The van der Waals surface area contributed by atoms with Gasteiger partial charge in [-0.1, -0.05) is 6.07 Å². The van der Waals surface area contributed by atoms with E-state index in [1.807, 2.05) is 0 Å². The number of phenols is 1.